The molecule has 2 nitrogen and oxygen atoms in total. The van der Waals surface area contributed by atoms with Gasteiger partial charge in [0, 0.05) is 16.5 Å². The smallest absolute Gasteiger partial charge is 0.127 e. The van der Waals surface area contributed by atoms with E-state index in [4.69, 9.17) is 10.5 Å². The van der Waals surface area contributed by atoms with Crippen molar-refractivity contribution in [3.05, 3.63) is 71.8 Å². The summed E-state index contributed by atoms with van der Waals surface area (Å²) in [5, 5.41) is 2.10. The maximum absolute atomic E-state index is 6.01. The Balaban J connectivity index is 1.83. The lowest BCUT2D eigenvalue weighted by Gasteiger charge is -2.11. The second-order valence-electron chi connectivity index (χ2n) is 5.16. The van der Waals surface area contributed by atoms with E-state index in [0.29, 0.717) is 6.61 Å². The number of hydrogen-bond acceptors (Lipinski definition) is 2. The Morgan fingerprint density at radius 2 is 1.48 bits per heavy atom. The van der Waals surface area contributed by atoms with E-state index in [0.717, 1.165) is 28.6 Å². The molecule has 0 saturated heterocycles. The first-order valence-electron chi connectivity index (χ1n) is 7.26. The summed E-state index contributed by atoms with van der Waals surface area (Å²) in [6.07, 6.45) is 1.06. The summed E-state index contributed by atoms with van der Waals surface area (Å²) in [4.78, 5) is 0. The van der Waals surface area contributed by atoms with E-state index in [1.807, 2.05) is 36.4 Å². The van der Waals surface area contributed by atoms with Gasteiger partial charge in [-0.1, -0.05) is 55.5 Å². The minimum Gasteiger partial charge on any atom is -0.488 e. The Hall–Kier alpha value is -2.48. The molecule has 0 atom stereocenters. The molecule has 21 heavy (non-hydrogen) atoms. The molecule has 0 saturated carbocycles. The Kier molecular flexibility index (Phi) is 3.78. The van der Waals surface area contributed by atoms with Crippen molar-refractivity contribution in [1.82, 2.24) is 0 Å². The number of anilines is 1. The van der Waals surface area contributed by atoms with Crippen LogP contribution in [0.15, 0.2) is 60.7 Å². The lowest BCUT2D eigenvalue weighted by Crippen LogP contribution is -1.97. The van der Waals surface area contributed by atoms with Gasteiger partial charge in [0.05, 0.1) is 0 Å². The van der Waals surface area contributed by atoms with Crippen molar-refractivity contribution in [3.63, 3.8) is 0 Å². The number of rotatable bonds is 4. The van der Waals surface area contributed by atoms with Gasteiger partial charge in [0.2, 0.25) is 0 Å². The Labute approximate surface area is 125 Å². The standard InChI is InChI=1S/C19H19NO/c1-2-14-7-9-15(10-8-14)13-21-19-12-11-18(20)16-5-3-4-6-17(16)19/h3-12H,2,13,20H2,1H3. The number of fused-ring (bicyclic) bond motifs is 1. The van der Waals surface area contributed by atoms with Gasteiger partial charge in [-0.15, -0.1) is 0 Å². The lowest BCUT2D eigenvalue weighted by atomic mass is 10.1. The average Bonchev–Trinajstić information content (AvgIpc) is 2.55. The molecule has 0 aliphatic rings. The number of hydrogen-bond donors (Lipinski definition) is 1. The maximum atomic E-state index is 6.01. The van der Waals surface area contributed by atoms with Gasteiger partial charge >= 0.3 is 0 Å². The molecular formula is C19H19NO. The minimum absolute atomic E-state index is 0.567. The molecule has 0 heterocycles. The monoisotopic (exact) mass is 277 g/mol. The van der Waals surface area contributed by atoms with Crippen molar-refractivity contribution >= 4 is 16.5 Å². The molecule has 3 aromatic rings. The third-order valence-corrected chi connectivity index (χ3v) is 3.74. The number of nitrogens with two attached hydrogens (primary N) is 1. The second kappa shape index (κ2) is 5.88. The lowest BCUT2D eigenvalue weighted by molar-refractivity contribution is 0.310. The number of benzene rings is 3. The summed E-state index contributed by atoms with van der Waals surface area (Å²) in [6.45, 7) is 2.73. The van der Waals surface area contributed by atoms with Crippen LogP contribution in [0.3, 0.4) is 0 Å². The van der Waals surface area contributed by atoms with E-state index < -0.39 is 0 Å². The van der Waals surface area contributed by atoms with Crippen LogP contribution in [0.25, 0.3) is 10.8 Å². The molecule has 106 valence electrons. The van der Waals surface area contributed by atoms with Crippen LogP contribution in [0.1, 0.15) is 18.1 Å². The largest absolute Gasteiger partial charge is 0.488 e. The van der Waals surface area contributed by atoms with Gasteiger partial charge in [-0.25, -0.2) is 0 Å². The SMILES string of the molecule is CCc1ccc(COc2ccc(N)c3ccccc23)cc1. The molecule has 0 unspecified atom stereocenters. The second-order valence-corrected chi connectivity index (χ2v) is 5.16. The number of nitrogen functional groups attached to an aromatic ring is 1. The number of aryl methyl sites for hydroxylation is 1. The van der Waals surface area contributed by atoms with Crippen LogP contribution in [0, 0.1) is 0 Å². The van der Waals surface area contributed by atoms with Crippen molar-refractivity contribution in [1.29, 1.82) is 0 Å². The summed E-state index contributed by atoms with van der Waals surface area (Å²) >= 11 is 0. The quantitative estimate of drug-likeness (QED) is 0.709. The molecular weight excluding hydrogens is 258 g/mol. The molecule has 3 aromatic carbocycles. The van der Waals surface area contributed by atoms with Gasteiger partial charge in [0.15, 0.2) is 0 Å². The molecule has 2 heteroatoms. The topological polar surface area (TPSA) is 35.2 Å². The van der Waals surface area contributed by atoms with E-state index in [1.54, 1.807) is 0 Å². The summed E-state index contributed by atoms with van der Waals surface area (Å²) < 4.78 is 5.98. The first-order chi connectivity index (χ1) is 10.3. The zero-order valence-electron chi connectivity index (χ0n) is 12.2. The van der Waals surface area contributed by atoms with Crippen LogP contribution in [0.4, 0.5) is 5.69 Å². The summed E-state index contributed by atoms with van der Waals surface area (Å²) in [5.41, 5.74) is 9.31. The average molecular weight is 277 g/mol. The van der Waals surface area contributed by atoms with E-state index >= 15 is 0 Å². The van der Waals surface area contributed by atoms with Crippen molar-refractivity contribution < 1.29 is 4.74 Å². The summed E-state index contributed by atoms with van der Waals surface area (Å²) in [7, 11) is 0. The molecule has 0 aliphatic heterocycles. The Morgan fingerprint density at radius 1 is 0.810 bits per heavy atom. The minimum atomic E-state index is 0.567. The summed E-state index contributed by atoms with van der Waals surface area (Å²) in [5.74, 6) is 0.874. The molecule has 0 radical (unpaired) electrons. The Bertz CT molecular complexity index is 747. The molecule has 0 aromatic heterocycles. The van der Waals surface area contributed by atoms with Crippen LogP contribution in [-0.4, -0.2) is 0 Å². The van der Waals surface area contributed by atoms with Crippen molar-refractivity contribution in [2.75, 3.05) is 5.73 Å². The van der Waals surface area contributed by atoms with Crippen LogP contribution >= 0.6 is 0 Å². The van der Waals surface area contributed by atoms with Crippen molar-refractivity contribution in [2.45, 2.75) is 20.0 Å². The van der Waals surface area contributed by atoms with E-state index in [2.05, 4.69) is 31.2 Å². The highest BCUT2D eigenvalue weighted by atomic mass is 16.5. The van der Waals surface area contributed by atoms with E-state index in [9.17, 15) is 0 Å². The van der Waals surface area contributed by atoms with Crippen LogP contribution in [0.2, 0.25) is 0 Å². The third-order valence-electron chi connectivity index (χ3n) is 3.74. The summed E-state index contributed by atoms with van der Waals surface area (Å²) in [6, 6.07) is 20.5. The van der Waals surface area contributed by atoms with Crippen molar-refractivity contribution in [3.8, 4) is 5.75 Å². The Morgan fingerprint density at radius 3 is 2.19 bits per heavy atom. The van der Waals surface area contributed by atoms with Gasteiger partial charge in [0.25, 0.3) is 0 Å². The molecule has 0 amide bonds. The van der Waals surface area contributed by atoms with E-state index in [-0.39, 0.29) is 0 Å². The predicted molar refractivity (Wildman–Crippen MR) is 88.5 cm³/mol. The van der Waals surface area contributed by atoms with Crippen LogP contribution in [0.5, 0.6) is 5.75 Å². The van der Waals surface area contributed by atoms with Gasteiger partial charge < -0.3 is 10.5 Å². The molecule has 3 rings (SSSR count). The molecule has 2 N–H and O–H groups in total. The highest BCUT2D eigenvalue weighted by Gasteiger charge is 2.05. The van der Waals surface area contributed by atoms with Crippen LogP contribution < -0.4 is 10.5 Å². The van der Waals surface area contributed by atoms with Gasteiger partial charge in [-0.3, -0.25) is 0 Å². The third kappa shape index (κ3) is 2.84. The van der Waals surface area contributed by atoms with Gasteiger partial charge in [-0.2, -0.15) is 0 Å². The maximum Gasteiger partial charge on any atom is 0.127 e. The first kappa shape index (κ1) is 13.5. The normalized spacial score (nSPS) is 10.7. The highest BCUT2D eigenvalue weighted by molar-refractivity contribution is 5.96. The van der Waals surface area contributed by atoms with E-state index in [1.165, 1.54) is 11.1 Å². The molecule has 0 spiro atoms. The zero-order chi connectivity index (χ0) is 14.7. The fraction of sp³-hybridized carbons (Fsp3) is 0.158. The highest BCUT2D eigenvalue weighted by Crippen LogP contribution is 2.30. The number of ether oxygens (including phenoxy) is 1. The molecule has 0 fully saturated rings. The van der Waals surface area contributed by atoms with Gasteiger partial charge in [0.1, 0.15) is 12.4 Å². The van der Waals surface area contributed by atoms with Crippen LogP contribution in [-0.2, 0) is 13.0 Å². The fourth-order valence-electron chi connectivity index (χ4n) is 2.45. The molecule has 0 aliphatic carbocycles. The van der Waals surface area contributed by atoms with Gasteiger partial charge in [-0.05, 0) is 29.7 Å². The molecule has 0 bridgehead atoms. The predicted octanol–water partition coefficient (Wildman–Crippen LogP) is 4.56. The van der Waals surface area contributed by atoms with Crippen molar-refractivity contribution in [2.24, 2.45) is 0 Å². The fourth-order valence-corrected chi connectivity index (χ4v) is 2.45. The first-order valence-corrected chi connectivity index (χ1v) is 7.26. The zero-order valence-corrected chi connectivity index (χ0v) is 12.2.